The number of nitrogens with zero attached hydrogens (tertiary/aromatic N) is 2. The number of alkyl halides is 1. The fourth-order valence-corrected chi connectivity index (χ4v) is 8.43. The van der Waals surface area contributed by atoms with Gasteiger partial charge in [-0.05, 0) is 78.8 Å². The molecule has 12 heteroatoms. The second-order valence-corrected chi connectivity index (χ2v) is 15.6. The Hall–Kier alpha value is -3.05. The van der Waals surface area contributed by atoms with Crippen molar-refractivity contribution in [2.24, 2.45) is 23.7 Å². The molecule has 0 bridgehead atoms. The molecule has 3 aliphatic rings. The molecule has 0 aliphatic carbocycles. The van der Waals surface area contributed by atoms with Crippen molar-refractivity contribution in [2.75, 3.05) is 27.3 Å². The Morgan fingerprint density at radius 3 is 2.44 bits per heavy atom. The third-order valence-electron chi connectivity index (χ3n) is 11.3. The highest BCUT2D eigenvalue weighted by molar-refractivity contribution is 6.07. The molecule has 3 saturated heterocycles. The Labute approximate surface area is 307 Å². The van der Waals surface area contributed by atoms with E-state index in [0.29, 0.717) is 17.6 Å². The number of ether oxygens (including phenoxy) is 5. The number of halogens is 1. The summed E-state index contributed by atoms with van der Waals surface area (Å²) in [7, 11) is 3.66. The van der Waals surface area contributed by atoms with Gasteiger partial charge in [-0.1, -0.05) is 46.1 Å². The van der Waals surface area contributed by atoms with Crippen LogP contribution in [0, 0.1) is 35.5 Å². The molecule has 4 heterocycles. The van der Waals surface area contributed by atoms with Crippen LogP contribution in [0.15, 0.2) is 36.7 Å². The number of cyclic esters (lactones) is 1. The first-order chi connectivity index (χ1) is 24.3. The van der Waals surface area contributed by atoms with E-state index in [0.717, 1.165) is 6.92 Å². The number of hydrogen-bond donors (Lipinski definition) is 1. The zero-order valence-electron chi connectivity index (χ0n) is 32.3. The number of pyridine rings is 1. The molecule has 0 radical (unpaired) electrons. The van der Waals surface area contributed by atoms with E-state index in [9.17, 15) is 19.5 Å². The van der Waals surface area contributed by atoms with Crippen LogP contribution in [0.4, 0.5) is 4.39 Å². The first kappa shape index (κ1) is 41.7. The fraction of sp³-hybridized carbons (Fsp3) is 0.700. The molecule has 3 aliphatic heterocycles. The first-order valence-electron chi connectivity index (χ1n) is 18.3. The summed E-state index contributed by atoms with van der Waals surface area (Å²) in [5, 5.41) is 11.5. The second-order valence-electron chi connectivity index (χ2n) is 15.6. The topological polar surface area (TPSA) is 134 Å². The molecule has 3 unspecified atom stereocenters. The molecule has 1 N–H and O–H groups in total. The van der Waals surface area contributed by atoms with Crippen molar-refractivity contribution < 1.29 is 47.6 Å². The Morgan fingerprint density at radius 2 is 1.83 bits per heavy atom. The number of rotatable bonds is 6. The summed E-state index contributed by atoms with van der Waals surface area (Å²) >= 11 is 0. The molecule has 4 rings (SSSR count). The largest absolute Gasteiger partial charge is 0.457 e. The van der Waals surface area contributed by atoms with Gasteiger partial charge in [0.15, 0.2) is 12.1 Å². The average Bonchev–Trinajstić information content (AvgIpc) is 3.41. The average molecular weight is 729 g/mol. The van der Waals surface area contributed by atoms with Crippen molar-refractivity contribution in [3.05, 3.63) is 42.2 Å². The monoisotopic (exact) mass is 728 g/mol. The van der Waals surface area contributed by atoms with Crippen LogP contribution in [0.2, 0.25) is 0 Å². The summed E-state index contributed by atoms with van der Waals surface area (Å²) in [6.45, 7) is 17.1. The highest BCUT2D eigenvalue weighted by atomic mass is 19.1. The van der Waals surface area contributed by atoms with E-state index in [-0.39, 0.29) is 44.0 Å². The van der Waals surface area contributed by atoms with Gasteiger partial charge in [0, 0.05) is 47.7 Å². The van der Waals surface area contributed by atoms with E-state index in [2.05, 4.69) is 23.4 Å². The van der Waals surface area contributed by atoms with Crippen molar-refractivity contribution in [1.82, 2.24) is 9.88 Å². The summed E-state index contributed by atoms with van der Waals surface area (Å²) in [5.41, 5.74) is -4.51. The molecule has 1 aromatic heterocycles. The Kier molecular flexibility index (Phi) is 13.3. The lowest BCUT2D eigenvalue weighted by molar-refractivity contribution is -0.296. The van der Waals surface area contributed by atoms with E-state index >= 15 is 4.39 Å². The zero-order chi connectivity index (χ0) is 38.8. The summed E-state index contributed by atoms with van der Waals surface area (Å²) in [6, 6.07) is 3.19. The minimum absolute atomic E-state index is 0.0178. The van der Waals surface area contributed by atoms with Crippen molar-refractivity contribution in [1.29, 1.82) is 0 Å². The molecule has 0 aromatic carbocycles. The van der Waals surface area contributed by atoms with Crippen LogP contribution in [0.5, 0.6) is 0 Å². The number of esters is 1. The molecule has 0 saturated carbocycles. The maximum absolute atomic E-state index is 16.8. The minimum Gasteiger partial charge on any atom is -0.457 e. The molecule has 0 spiro atoms. The smallest absolute Gasteiger partial charge is 0.351 e. The van der Waals surface area contributed by atoms with Gasteiger partial charge in [-0.3, -0.25) is 14.6 Å². The lowest BCUT2D eigenvalue weighted by atomic mass is 9.69. The molecule has 52 heavy (non-hydrogen) atoms. The number of likely N-dealkylation sites (N-methyl/N-ethyl adjacent to an activating group) is 1. The number of hydrogen-bond acceptors (Lipinski definition) is 11. The van der Waals surface area contributed by atoms with E-state index in [1.54, 1.807) is 59.1 Å². The SMILES string of the molecule is C=C1CO[C@]2(C)[C@@H](CC)OC(=O)C(C)(F)C(=O)[C@H](C)[C@@H](O[C@@H]3O[C@H](C)C[C@H](N(C)C)[C@H]3O)[C@](C)(OCC#Cc3cccnc3)CC(C)C(=O)C(C)[C@H]12. The lowest BCUT2D eigenvalue weighted by Crippen LogP contribution is -2.61. The van der Waals surface area contributed by atoms with Crippen LogP contribution in [0.1, 0.15) is 80.2 Å². The van der Waals surface area contributed by atoms with Gasteiger partial charge in [-0.25, -0.2) is 9.18 Å². The normalized spacial score (nSPS) is 40.8. The van der Waals surface area contributed by atoms with Gasteiger partial charge in [0.25, 0.3) is 5.67 Å². The van der Waals surface area contributed by atoms with Gasteiger partial charge in [0.05, 0.1) is 24.4 Å². The van der Waals surface area contributed by atoms with Crippen LogP contribution in [0.25, 0.3) is 0 Å². The molecule has 13 atom stereocenters. The van der Waals surface area contributed by atoms with Gasteiger partial charge in [0.1, 0.15) is 30.2 Å². The second kappa shape index (κ2) is 16.5. The van der Waals surface area contributed by atoms with Crippen LogP contribution in [-0.4, -0.2) is 113 Å². The standard InChI is InChI=1S/C40H57FN2O9/c1-12-30-40(9)31(24(3)22-49-40)26(5)32(44)23(2)20-38(7,48-18-14-16-28-15-13-17-42-21-28)35(27(6)34(46)39(8,41)37(47)51-30)52-36-33(45)29(43(10)11)19-25(4)50-36/h13,15,17,21,23,25-27,29-31,33,35-36,45H,3,12,18-20,22H2,1-2,4-11H3/t23?,25-,26?,27+,29+,30-,31+,33-,35-,36+,38-,39?,40-/m1/s1. The van der Waals surface area contributed by atoms with Gasteiger partial charge in [0.2, 0.25) is 0 Å². The molecule has 3 fully saturated rings. The van der Waals surface area contributed by atoms with Crippen LogP contribution in [0.3, 0.4) is 0 Å². The zero-order valence-corrected chi connectivity index (χ0v) is 32.3. The quantitative estimate of drug-likeness (QED) is 0.192. The van der Waals surface area contributed by atoms with Crippen molar-refractivity contribution >= 4 is 17.5 Å². The predicted molar refractivity (Wildman–Crippen MR) is 192 cm³/mol. The fourth-order valence-electron chi connectivity index (χ4n) is 8.43. The number of fused-ring (bicyclic) bond motifs is 1. The predicted octanol–water partition coefficient (Wildman–Crippen LogP) is 4.48. The Morgan fingerprint density at radius 1 is 1.13 bits per heavy atom. The highest BCUT2D eigenvalue weighted by Crippen LogP contribution is 2.47. The van der Waals surface area contributed by atoms with E-state index in [4.69, 9.17) is 23.7 Å². The molecular formula is C40H57FN2O9. The van der Waals surface area contributed by atoms with Crippen molar-refractivity contribution in [3.8, 4) is 11.8 Å². The summed E-state index contributed by atoms with van der Waals surface area (Å²) in [4.78, 5) is 48.4. The number of aliphatic hydroxyl groups excluding tert-OH is 1. The van der Waals surface area contributed by atoms with Crippen molar-refractivity contribution in [3.63, 3.8) is 0 Å². The number of ketones is 2. The summed E-state index contributed by atoms with van der Waals surface area (Å²) in [6.07, 6.45) is -1.07. The van der Waals surface area contributed by atoms with Gasteiger partial charge >= 0.3 is 5.97 Å². The van der Waals surface area contributed by atoms with E-state index in [1.807, 2.05) is 25.9 Å². The maximum Gasteiger partial charge on any atom is 0.351 e. The Balaban J connectivity index is 1.85. The summed E-state index contributed by atoms with van der Waals surface area (Å²) in [5.74, 6) is 0.118. The first-order valence-corrected chi connectivity index (χ1v) is 18.3. The third-order valence-corrected chi connectivity index (χ3v) is 11.3. The minimum atomic E-state index is -3.11. The van der Waals surface area contributed by atoms with Crippen LogP contribution in [-0.2, 0) is 38.1 Å². The maximum atomic E-state index is 16.8. The lowest BCUT2D eigenvalue weighted by Gasteiger charge is -2.47. The third kappa shape index (κ3) is 8.51. The van der Waals surface area contributed by atoms with Crippen LogP contribution >= 0.6 is 0 Å². The van der Waals surface area contributed by atoms with Crippen molar-refractivity contribution in [2.45, 2.75) is 128 Å². The van der Waals surface area contributed by atoms with Gasteiger partial charge < -0.3 is 33.7 Å². The van der Waals surface area contributed by atoms with E-state index in [1.165, 1.54) is 6.92 Å². The number of carbonyl (C=O) groups is 3. The van der Waals surface area contributed by atoms with Gasteiger partial charge in [-0.15, -0.1) is 0 Å². The summed E-state index contributed by atoms with van der Waals surface area (Å²) < 4.78 is 48.0. The number of aliphatic hydroxyl groups is 1. The molecule has 1 aromatic rings. The molecule has 0 amide bonds. The number of Topliss-reactive ketones (excluding diaryl/α,β-unsaturated/α-hetero) is 2. The van der Waals surface area contributed by atoms with Crippen LogP contribution < -0.4 is 0 Å². The molecular weight excluding hydrogens is 671 g/mol. The highest BCUT2D eigenvalue weighted by Gasteiger charge is 2.58. The number of carbonyl (C=O) groups excluding carboxylic acids is 3. The molecule has 11 nitrogen and oxygen atoms in total. The number of aromatic nitrogens is 1. The Bertz CT molecular complexity index is 1530. The van der Waals surface area contributed by atoms with Gasteiger partial charge in [-0.2, -0.15) is 0 Å². The van der Waals surface area contributed by atoms with E-state index < -0.39 is 76.9 Å². The molecule has 288 valence electrons.